The summed E-state index contributed by atoms with van der Waals surface area (Å²) in [5, 5.41) is 3.15. The fraction of sp³-hybridized carbons (Fsp3) is 0.700. The third-order valence-electron chi connectivity index (χ3n) is 2.15. The Hall–Kier alpha value is -1.63. The van der Waals surface area contributed by atoms with Crippen molar-refractivity contribution in [3.63, 3.8) is 0 Å². The van der Waals surface area contributed by atoms with Gasteiger partial charge in [-0.1, -0.05) is 13.3 Å². The number of hydrogen-bond acceptors (Lipinski definition) is 7. The standard InChI is InChI=1S/C10H19N5O2/c1-4-5-7(6-16-2)12-9-13-8(11)14-10(15-9)17-3/h7H,4-6H2,1-3H3,(H3,11,12,13,14,15). The van der Waals surface area contributed by atoms with Gasteiger partial charge in [0.15, 0.2) is 0 Å². The van der Waals surface area contributed by atoms with E-state index in [1.807, 2.05) is 0 Å². The fourth-order valence-corrected chi connectivity index (χ4v) is 1.46. The molecule has 7 nitrogen and oxygen atoms in total. The minimum Gasteiger partial charge on any atom is -0.467 e. The molecule has 0 aliphatic carbocycles. The van der Waals surface area contributed by atoms with Crippen LogP contribution in [0.3, 0.4) is 0 Å². The minimum atomic E-state index is 0.131. The number of methoxy groups -OCH3 is 2. The number of nitrogens with one attached hydrogen (secondary N) is 1. The summed E-state index contributed by atoms with van der Waals surface area (Å²) < 4.78 is 10.0. The number of ether oxygens (including phenoxy) is 2. The van der Waals surface area contributed by atoms with Crippen LogP contribution in [0.2, 0.25) is 0 Å². The van der Waals surface area contributed by atoms with Gasteiger partial charge in [-0.3, -0.25) is 0 Å². The molecular formula is C10H19N5O2. The Kier molecular flexibility index (Phi) is 5.41. The molecule has 3 N–H and O–H groups in total. The van der Waals surface area contributed by atoms with E-state index < -0.39 is 0 Å². The highest BCUT2D eigenvalue weighted by atomic mass is 16.5. The second kappa shape index (κ2) is 6.85. The molecule has 1 atom stereocenters. The van der Waals surface area contributed by atoms with Gasteiger partial charge in [0.1, 0.15) is 0 Å². The third kappa shape index (κ3) is 4.39. The first-order valence-corrected chi connectivity index (χ1v) is 5.50. The first-order chi connectivity index (χ1) is 8.19. The Balaban J connectivity index is 2.73. The summed E-state index contributed by atoms with van der Waals surface area (Å²) in [4.78, 5) is 11.9. The molecule has 0 saturated heterocycles. The highest BCUT2D eigenvalue weighted by Crippen LogP contribution is 2.11. The van der Waals surface area contributed by atoms with E-state index in [1.54, 1.807) is 7.11 Å². The molecule has 0 bridgehead atoms. The molecule has 0 fully saturated rings. The number of anilines is 2. The van der Waals surface area contributed by atoms with Crippen LogP contribution in [0.1, 0.15) is 19.8 Å². The van der Waals surface area contributed by atoms with Crippen LogP contribution in [0.4, 0.5) is 11.9 Å². The maximum atomic E-state index is 5.55. The molecule has 96 valence electrons. The van der Waals surface area contributed by atoms with E-state index in [4.69, 9.17) is 15.2 Å². The maximum absolute atomic E-state index is 5.55. The summed E-state index contributed by atoms with van der Waals surface area (Å²) in [6.07, 6.45) is 2.00. The summed E-state index contributed by atoms with van der Waals surface area (Å²) in [5.41, 5.74) is 5.55. The first kappa shape index (κ1) is 13.4. The van der Waals surface area contributed by atoms with Crippen molar-refractivity contribution in [1.29, 1.82) is 0 Å². The molecule has 0 amide bonds. The summed E-state index contributed by atoms with van der Waals surface area (Å²) in [6.45, 7) is 2.69. The highest BCUT2D eigenvalue weighted by Gasteiger charge is 2.11. The Labute approximate surface area is 101 Å². The lowest BCUT2D eigenvalue weighted by molar-refractivity contribution is 0.182. The van der Waals surface area contributed by atoms with Crippen LogP contribution in [0.5, 0.6) is 6.01 Å². The summed E-state index contributed by atoms with van der Waals surface area (Å²) in [5.74, 6) is 0.539. The molecule has 0 radical (unpaired) electrons. The van der Waals surface area contributed by atoms with Crippen molar-refractivity contribution in [2.45, 2.75) is 25.8 Å². The zero-order chi connectivity index (χ0) is 12.7. The maximum Gasteiger partial charge on any atom is 0.322 e. The molecule has 0 aliphatic rings. The molecule has 0 saturated carbocycles. The topological polar surface area (TPSA) is 95.2 Å². The molecule has 0 aliphatic heterocycles. The fourth-order valence-electron chi connectivity index (χ4n) is 1.46. The SMILES string of the molecule is CCCC(COC)Nc1nc(N)nc(OC)n1. The van der Waals surface area contributed by atoms with Gasteiger partial charge in [0.05, 0.1) is 19.8 Å². The van der Waals surface area contributed by atoms with Crippen molar-refractivity contribution in [2.24, 2.45) is 0 Å². The number of nitrogens with zero attached hydrogens (tertiary/aromatic N) is 3. The second-order valence-corrected chi connectivity index (χ2v) is 3.59. The molecule has 0 aromatic carbocycles. The van der Waals surface area contributed by atoms with E-state index in [-0.39, 0.29) is 18.0 Å². The summed E-state index contributed by atoms with van der Waals surface area (Å²) in [7, 11) is 3.14. The van der Waals surface area contributed by atoms with Crippen molar-refractivity contribution in [1.82, 2.24) is 15.0 Å². The number of nitrogen functional groups attached to an aromatic ring is 1. The van der Waals surface area contributed by atoms with Gasteiger partial charge in [0.25, 0.3) is 0 Å². The summed E-state index contributed by atoms with van der Waals surface area (Å²) in [6, 6.07) is 0.351. The monoisotopic (exact) mass is 241 g/mol. The van der Waals surface area contributed by atoms with E-state index in [1.165, 1.54) is 7.11 Å². The Morgan fingerprint density at radius 1 is 1.29 bits per heavy atom. The third-order valence-corrected chi connectivity index (χ3v) is 2.15. The molecule has 0 spiro atoms. The molecular weight excluding hydrogens is 222 g/mol. The smallest absolute Gasteiger partial charge is 0.322 e. The normalized spacial score (nSPS) is 12.2. The van der Waals surface area contributed by atoms with Gasteiger partial charge < -0.3 is 20.5 Å². The van der Waals surface area contributed by atoms with Gasteiger partial charge in [0.2, 0.25) is 11.9 Å². The van der Waals surface area contributed by atoms with E-state index in [2.05, 4.69) is 27.2 Å². The molecule has 7 heteroatoms. The quantitative estimate of drug-likeness (QED) is 0.725. The second-order valence-electron chi connectivity index (χ2n) is 3.59. The van der Waals surface area contributed by atoms with Crippen molar-refractivity contribution in [2.75, 3.05) is 31.9 Å². The Morgan fingerprint density at radius 3 is 2.65 bits per heavy atom. The average molecular weight is 241 g/mol. The van der Waals surface area contributed by atoms with E-state index >= 15 is 0 Å². The molecule has 1 unspecified atom stereocenters. The summed E-state index contributed by atoms with van der Waals surface area (Å²) >= 11 is 0. The highest BCUT2D eigenvalue weighted by molar-refractivity contribution is 5.33. The van der Waals surface area contributed by atoms with Crippen LogP contribution < -0.4 is 15.8 Å². The zero-order valence-corrected chi connectivity index (χ0v) is 10.4. The molecule has 17 heavy (non-hydrogen) atoms. The zero-order valence-electron chi connectivity index (χ0n) is 10.4. The van der Waals surface area contributed by atoms with Gasteiger partial charge >= 0.3 is 6.01 Å². The Morgan fingerprint density at radius 2 is 2.06 bits per heavy atom. The number of nitrogens with two attached hydrogens (primary N) is 1. The molecule has 1 aromatic rings. The lowest BCUT2D eigenvalue weighted by atomic mass is 10.2. The molecule has 1 aromatic heterocycles. The predicted octanol–water partition coefficient (Wildman–Crippen LogP) is 0.689. The van der Waals surface area contributed by atoms with Gasteiger partial charge in [-0.05, 0) is 6.42 Å². The van der Waals surface area contributed by atoms with Crippen molar-refractivity contribution >= 4 is 11.9 Å². The van der Waals surface area contributed by atoms with Crippen LogP contribution in [0, 0.1) is 0 Å². The van der Waals surface area contributed by atoms with Gasteiger partial charge in [-0.2, -0.15) is 15.0 Å². The van der Waals surface area contributed by atoms with Crippen LogP contribution in [0.15, 0.2) is 0 Å². The van der Waals surface area contributed by atoms with Gasteiger partial charge in [-0.25, -0.2) is 0 Å². The largest absolute Gasteiger partial charge is 0.467 e. The number of aromatic nitrogens is 3. The van der Waals surface area contributed by atoms with Crippen molar-refractivity contribution in [3.8, 4) is 6.01 Å². The van der Waals surface area contributed by atoms with Crippen LogP contribution >= 0.6 is 0 Å². The van der Waals surface area contributed by atoms with Crippen molar-refractivity contribution < 1.29 is 9.47 Å². The minimum absolute atomic E-state index is 0.131. The average Bonchev–Trinajstić information content (AvgIpc) is 2.29. The lowest BCUT2D eigenvalue weighted by Gasteiger charge is -2.17. The van der Waals surface area contributed by atoms with E-state index in [0.29, 0.717) is 12.6 Å². The van der Waals surface area contributed by atoms with Crippen LogP contribution in [0.25, 0.3) is 0 Å². The van der Waals surface area contributed by atoms with Crippen LogP contribution in [-0.4, -0.2) is 41.8 Å². The van der Waals surface area contributed by atoms with Crippen LogP contribution in [-0.2, 0) is 4.74 Å². The first-order valence-electron chi connectivity index (χ1n) is 5.50. The number of rotatable bonds is 7. The lowest BCUT2D eigenvalue weighted by Crippen LogP contribution is -2.26. The molecule has 1 rings (SSSR count). The van der Waals surface area contributed by atoms with Gasteiger partial charge in [0, 0.05) is 7.11 Å². The van der Waals surface area contributed by atoms with E-state index in [9.17, 15) is 0 Å². The van der Waals surface area contributed by atoms with E-state index in [0.717, 1.165) is 12.8 Å². The molecule has 1 heterocycles. The van der Waals surface area contributed by atoms with Crippen molar-refractivity contribution in [3.05, 3.63) is 0 Å². The Bertz CT molecular complexity index is 341. The van der Waals surface area contributed by atoms with Gasteiger partial charge in [-0.15, -0.1) is 0 Å². The number of hydrogen-bond donors (Lipinski definition) is 2. The predicted molar refractivity (Wildman–Crippen MR) is 65.0 cm³/mol.